The maximum absolute atomic E-state index is 4.77. The van der Waals surface area contributed by atoms with Gasteiger partial charge < -0.3 is 4.43 Å². The highest BCUT2D eigenvalue weighted by Crippen LogP contribution is 1.78. The molecule has 0 rings (SSSR count). The van der Waals surface area contributed by atoms with Crippen molar-refractivity contribution in [1.82, 2.24) is 0 Å². The highest BCUT2D eigenvalue weighted by Gasteiger charge is 1.77. The maximum atomic E-state index is 4.77. The summed E-state index contributed by atoms with van der Waals surface area (Å²) < 4.78 is 4.77. The lowest BCUT2D eigenvalue weighted by Crippen LogP contribution is -1.90. The van der Waals surface area contributed by atoms with E-state index in [0.29, 0.717) is 15.5 Å². The number of rotatable bonds is 1. The largest absolute Gasteiger partial charge is 0.546 e. The summed E-state index contributed by atoms with van der Waals surface area (Å²) in [6.45, 7) is 1.91. The fourth-order valence-electron chi connectivity index (χ4n) is 0.204. The Kier molecular flexibility index (Phi) is 3.93. The Morgan fingerprint density at radius 1 is 1.86 bits per heavy atom. The average Bonchev–Trinajstić information content (AvgIpc) is 1.68. The SMILES string of the molecule is C/C=C/C(=S)O[SiH3]. The second kappa shape index (κ2) is 4.02. The molecule has 0 heterocycles. The zero-order valence-electron chi connectivity index (χ0n) is 4.47. The molecular weight excluding hydrogens is 124 g/mol. The van der Waals surface area contributed by atoms with Crippen LogP contribution in [0.25, 0.3) is 0 Å². The molecule has 1 nitrogen and oxygen atoms in total. The van der Waals surface area contributed by atoms with E-state index in [0.717, 1.165) is 0 Å². The van der Waals surface area contributed by atoms with Crippen molar-refractivity contribution >= 4 is 27.8 Å². The molecule has 0 bridgehead atoms. The van der Waals surface area contributed by atoms with Gasteiger partial charge in [-0.15, -0.1) is 0 Å². The number of hydrogen-bond donors (Lipinski definition) is 0. The third kappa shape index (κ3) is 3.68. The minimum absolute atomic E-state index is 0.592. The summed E-state index contributed by atoms with van der Waals surface area (Å²) in [5.41, 5.74) is 0. The smallest absolute Gasteiger partial charge is 0.205 e. The van der Waals surface area contributed by atoms with E-state index in [9.17, 15) is 0 Å². The number of hydrogen-bond acceptors (Lipinski definition) is 2. The number of thiocarbonyl (C=S) groups is 1. The normalized spacial score (nSPS) is 9.86. The van der Waals surface area contributed by atoms with Crippen LogP contribution in [0.1, 0.15) is 6.92 Å². The van der Waals surface area contributed by atoms with E-state index < -0.39 is 0 Å². The second-order valence-electron chi connectivity index (χ2n) is 1.02. The molecular formula is C4H8OSSi. The van der Waals surface area contributed by atoms with Crippen LogP contribution in [0.4, 0.5) is 0 Å². The van der Waals surface area contributed by atoms with Gasteiger partial charge in [-0.3, -0.25) is 0 Å². The van der Waals surface area contributed by atoms with Gasteiger partial charge in [0.05, 0.1) is 0 Å². The summed E-state index contributed by atoms with van der Waals surface area (Å²) in [5.74, 6) is 0. The minimum atomic E-state index is 0.592. The first kappa shape index (κ1) is 6.85. The van der Waals surface area contributed by atoms with Crippen LogP contribution in [0, 0.1) is 0 Å². The van der Waals surface area contributed by atoms with Gasteiger partial charge >= 0.3 is 0 Å². The molecule has 0 saturated carbocycles. The molecule has 0 unspecified atom stereocenters. The van der Waals surface area contributed by atoms with Crippen LogP contribution < -0.4 is 0 Å². The lowest BCUT2D eigenvalue weighted by atomic mass is 10.6. The second-order valence-corrected chi connectivity index (χ2v) is 1.83. The van der Waals surface area contributed by atoms with Crippen LogP contribution in [0.3, 0.4) is 0 Å². The zero-order chi connectivity index (χ0) is 5.70. The van der Waals surface area contributed by atoms with Crippen molar-refractivity contribution < 1.29 is 4.43 Å². The first-order valence-electron chi connectivity index (χ1n) is 2.02. The topological polar surface area (TPSA) is 9.23 Å². The van der Waals surface area contributed by atoms with Crippen molar-refractivity contribution in [3.05, 3.63) is 12.2 Å². The van der Waals surface area contributed by atoms with E-state index in [4.69, 9.17) is 4.43 Å². The predicted molar refractivity (Wildman–Crippen MR) is 38.4 cm³/mol. The van der Waals surface area contributed by atoms with E-state index >= 15 is 0 Å². The summed E-state index contributed by atoms with van der Waals surface area (Å²) >= 11 is 4.68. The molecule has 0 aromatic carbocycles. The van der Waals surface area contributed by atoms with Gasteiger partial charge in [-0.1, -0.05) is 6.08 Å². The van der Waals surface area contributed by atoms with Crippen molar-refractivity contribution in [1.29, 1.82) is 0 Å². The molecule has 0 saturated heterocycles. The van der Waals surface area contributed by atoms with Gasteiger partial charge in [-0.2, -0.15) is 0 Å². The van der Waals surface area contributed by atoms with Gasteiger partial charge in [0, 0.05) is 0 Å². The molecule has 0 radical (unpaired) electrons. The fraction of sp³-hybridized carbons (Fsp3) is 0.250. The van der Waals surface area contributed by atoms with Crippen LogP contribution in [0.15, 0.2) is 12.2 Å². The standard InChI is InChI=1S/C4H8OSSi/c1-2-3-4(6)5-7/h2-3H,1,7H3/b3-2+. The molecule has 0 aromatic heterocycles. The molecule has 0 aliphatic carbocycles. The summed E-state index contributed by atoms with van der Waals surface area (Å²) in [6, 6.07) is 0. The summed E-state index contributed by atoms with van der Waals surface area (Å²) in [4.78, 5) is 0. The number of allylic oxidation sites excluding steroid dienone is 1. The Balaban J connectivity index is 3.37. The molecule has 0 aliphatic heterocycles. The Bertz CT molecular complexity index is 89.7. The monoisotopic (exact) mass is 132 g/mol. The first-order valence-corrected chi connectivity index (χ1v) is 3.24. The molecule has 0 spiro atoms. The lowest BCUT2D eigenvalue weighted by Gasteiger charge is -1.90. The highest BCUT2D eigenvalue weighted by atomic mass is 32.1. The van der Waals surface area contributed by atoms with Gasteiger partial charge in [0.1, 0.15) is 0 Å². The third-order valence-electron chi connectivity index (χ3n) is 0.504. The van der Waals surface area contributed by atoms with Crippen molar-refractivity contribution in [3.8, 4) is 0 Å². The summed E-state index contributed by atoms with van der Waals surface area (Å²) in [6.07, 6.45) is 3.63. The Labute approximate surface area is 51.9 Å². The molecule has 0 aliphatic rings. The van der Waals surface area contributed by atoms with Crippen molar-refractivity contribution in [2.75, 3.05) is 0 Å². The Hall–Kier alpha value is -0.153. The van der Waals surface area contributed by atoms with Gasteiger partial charge in [0.15, 0.2) is 5.05 Å². The molecule has 0 amide bonds. The Morgan fingerprint density at radius 3 is 2.57 bits per heavy atom. The minimum Gasteiger partial charge on any atom is -0.546 e. The first-order chi connectivity index (χ1) is 3.31. The van der Waals surface area contributed by atoms with E-state index in [-0.39, 0.29) is 0 Å². The quantitative estimate of drug-likeness (QED) is 0.286. The van der Waals surface area contributed by atoms with Crippen LogP contribution >= 0.6 is 12.2 Å². The van der Waals surface area contributed by atoms with E-state index in [1.165, 1.54) is 0 Å². The van der Waals surface area contributed by atoms with Gasteiger partial charge in [0.2, 0.25) is 10.5 Å². The van der Waals surface area contributed by atoms with Crippen LogP contribution in [0.5, 0.6) is 0 Å². The van der Waals surface area contributed by atoms with Gasteiger partial charge in [0.25, 0.3) is 0 Å². The lowest BCUT2D eigenvalue weighted by molar-refractivity contribution is 0.635. The molecule has 40 valence electrons. The van der Waals surface area contributed by atoms with E-state index in [1.54, 1.807) is 6.08 Å². The summed E-state index contributed by atoms with van der Waals surface area (Å²) in [5, 5.41) is 0.592. The molecule has 3 heteroatoms. The van der Waals surface area contributed by atoms with Crippen LogP contribution in [-0.4, -0.2) is 15.5 Å². The molecule has 0 aromatic rings. The summed E-state index contributed by atoms with van der Waals surface area (Å²) in [7, 11) is 0.695. The third-order valence-corrected chi connectivity index (χ3v) is 1.54. The van der Waals surface area contributed by atoms with Crippen molar-refractivity contribution in [2.45, 2.75) is 6.92 Å². The predicted octanol–water partition coefficient (Wildman–Crippen LogP) is 0.187. The van der Waals surface area contributed by atoms with E-state index in [2.05, 4.69) is 12.2 Å². The van der Waals surface area contributed by atoms with Crippen molar-refractivity contribution in [2.24, 2.45) is 0 Å². The van der Waals surface area contributed by atoms with Gasteiger partial charge in [-0.25, -0.2) is 0 Å². The van der Waals surface area contributed by atoms with E-state index in [1.807, 2.05) is 13.0 Å². The molecule has 0 atom stereocenters. The molecule has 0 N–H and O–H groups in total. The highest BCUT2D eigenvalue weighted by molar-refractivity contribution is 7.80. The van der Waals surface area contributed by atoms with Gasteiger partial charge in [-0.05, 0) is 25.2 Å². The van der Waals surface area contributed by atoms with Crippen LogP contribution in [0.2, 0.25) is 0 Å². The molecule has 7 heavy (non-hydrogen) atoms. The fourth-order valence-corrected chi connectivity index (χ4v) is 0.476. The van der Waals surface area contributed by atoms with Crippen LogP contribution in [-0.2, 0) is 4.43 Å². The maximum Gasteiger partial charge on any atom is 0.205 e. The average molecular weight is 132 g/mol. The Morgan fingerprint density at radius 2 is 2.43 bits per heavy atom. The molecule has 0 fully saturated rings. The zero-order valence-corrected chi connectivity index (χ0v) is 7.29. The van der Waals surface area contributed by atoms with Crippen molar-refractivity contribution in [3.63, 3.8) is 0 Å².